The van der Waals surface area contributed by atoms with E-state index in [9.17, 15) is 0 Å². The van der Waals surface area contributed by atoms with Crippen LogP contribution >= 0.6 is 27.5 Å². The lowest BCUT2D eigenvalue weighted by molar-refractivity contribution is 0.586. The van der Waals surface area contributed by atoms with Crippen LogP contribution in [0.3, 0.4) is 0 Å². The van der Waals surface area contributed by atoms with Gasteiger partial charge in [0.2, 0.25) is 0 Å². The van der Waals surface area contributed by atoms with E-state index in [0.717, 1.165) is 16.8 Å². The Labute approximate surface area is 98.8 Å². The minimum atomic E-state index is 0.513. The van der Waals surface area contributed by atoms with E-state index in [4.69, 9.17) is 11.6 Å². The van der Waals surface area contributed by atoms with E-state index < -0.39 is 0 Å². The van der Waals surface area contributed by atoms with Crippen LogP contribution in [0.25, 0.3) is 0 Å². The second-order valence-corrected chi connectivity index (χ2v) is 5.37. The van der Waals surface area contributed by atoms with Gasteiger partial charge in [0, 0.05) is 10.4 Å². The number of rotatable bonds is 3. The highest BCUT2D eigenvalue weighted by Gasteiger charge is 2.41. The van der Waals surface area contributed by atoms with Crippen molar-refractivity contribution in [1.82, 2.24) is 0 Å². The third-order valence-electron chi connectivity index (χ3n) is 3.01. The zero-order valence-corrected chi connectivity index (χ0v) is 10.7. The minimum absolute atomic E-state index is 0.513. The molecule has 0 radical (unpaired) electrons. The van der Waals surface area contributed by atoms with Gasteiger partial charge in [-0.05, 0) is 48.8 Å². The fourth-order valence-corrected chi connectivity index (χ4v) is 2.80. The van der Waals surface area contributed by atoms with Crippen molar-refractivity contribution in [2.24, 2.45) is 5.41 Å². The van der Waals surface area contributed by atoms with Crippen LogP contribution in [0.2, 0.25) is 5.02 Å². The van der Waals surface area contributed by atoms with Crippen molar-refractivity contribution in [3.8, 4) is 0 Å². The topological polar surface area (TPSA) is 0 Å². The number of hydrogen-bond donors (Lipinski definition) is 0. The van der Waals surface area contributed by atoms with Crippen LogP contribution in [0.1, 0.15) is 24.0 Å². The fraction of sp³-hybridized carbons (Fsp3) is 0.500. The van der Waals surface area contributed by atoms with Gasteiger partial charge >= 0.3 is 0 Å². The molecule has 1 saturated carbocycles. The molecule has 0 aromatic heterocycles. The lowest BCUT2D eigenvalue weighted by Gasteiger charge is -2.12. The molecular formula is C12H14BrCl. The maximum absolute atomic E-state index is 6.21. The molecule has 1 fully saturated rings. The summed E-state index contributed by atoms with van der Waals surface area (Å²) in [5.41, 5.74) is 3.05. The molecule has 0 amide bonds. The van der Waals surface area contributed by atoms with Gasteiger partial charge < -0.3 is 0 Å². The Hall–Kier alpha value is -0.0100. The smallest absolute Gasteiger partial charge is 0.0440 e. The largest absolute Gasteiger partial charge is 0.0922 e. The number of alkyl halides is 1. The van der Waals surface area contributed by atoms with E-state index in [2.05, 4.69) is 41.1 Å². The van der Waals surface area contributed by atoms with Crippen LogP contribution < -0.4 is 0 Å². The van der Waals surface area contributed by atoms with Gasteiger partial charge in [-0.1, -0.05) is 39.7 Å². The average molecular weight is 274 g/mol. The minimum Gasteiger partial charge on any atom is -0.0922 e. The van der Waals surface area contributed by atoms with Crippen molar-refractivity contribution >= 4 is 27.5 Å². The van der Waals surface area contributed by atoms with Gasteiger partial charge in [0.25, 0.3) is 0 Å². The molecule has 1 aliphatic carbocycles. The number of halogens is 2. The molecule has 0 unspecified atom stereocenters. The molecule has 0 heterocycles. The molecular weight excluding hydrogens is 259 g/mol. The quantitative estimate of drug-likeness (QED) is 0.718. The molecule has 0 nitrogen and oxygen atoms in total. The SMILES string of the molecule is Cc1ccc(CC2(CBr)CC2)c(Cl)c1. The van der Waals surface area contributed by atoms with Gasteiger partial charge in [-0.2, -0.15) is 0 Å². The first-order valence-corrected chi connectivity index (χ1v) is 6.46. The monoisotopic (exact) mass is 272 g/mol. The molecule has 1 aromatic carbocycles. The predicted molar refractivity (Wildman–Crippen MR) is 65.4 cm³/mol. The molecule has 0 bridgehead atoms. The van der Waals surface area contributed by atoms with Crippen LogP contribution in [0.4, 0.5) is 0 Å². The van der Waals surface area contributed by atoms with Crippen molar-refractivity contribution in [1.29, 1.82) is 0 Å². The Morgan fingerprint density at radius 2 is 2.14 bits per heavy atom. The van der Waals surface area contributed by atoms with Gasteiger partial charge in [0.15, 0.2) is 0 Å². The Kier molecular flexibility index (Phi) is 2.90. The first-order chi connectivity index (χ1) is 6.65. The standard InChI is InChI=1S/C12H14BrCl/c1-9-2-3-10(11(14)6-9)7-12(8-13)4-5-12/h2-3,6H,4-5,7-8H2,1H3. The fourth-order valence-electron chi connectivity index (χ4n) is 1.73. The lowest BCUT2D eigenvalue weighted by Crippen LogP contribution is -2.06. The van der Waals surface area contributed by atoms with Gasteiger partial charge in [0.05, 0.1) is 0 Å². The second kappa shape index (κ2) is 3.86. The lowest BCUT2D eigenvalue weighted by atomic mass is 9.98. The molecule has 1 aliphatic rings. The van der Waals surface area contributed by atoms with Gasteiger partial charge in [-0.15, -0.1) is 0 Å². The van der Waals surface area contributed by atoms with E-state index in [0.29, 0.717) is 5.41 Å². The van der Waals surface area contributed by atoms with Crippen LogP contribution in [0, 0.1) is 12.3 Å². The van der Waals surface area contributed by atoms with Gasteiger partial charge in [-0.3, -0.25) is 0 Å². The van der Waals surface area contributed by atoms with E-state index in [1.165, 1.54) is 24.0 Å². The molecule has 0 atom stereocenters. The van der Waals surface area contributed by atoms with Crippen LogP contribution in [-0.4, -0.2) is 5.33 Å². The predicted octanol–water partition coefficient (Wildman–Crippen LogP) is 4.37. The third kappa shape index (κ3) is 2.14. The summed E-state index contributed by atoms with van der Waals surface area (Å²) in [4.78, 5) is 0. The highest BCUT2D eigenvalue weighted by Crippen LogP contribution is 2.50. The molecule has 14 heavy (non-hydrogen) atoms. The molecule has 0 spiro atoms. The Morgan fingerprint density at radius 3 is 2.64 bits per heavy atom. The second-order valence-electron chi connectivity index (χ2n) is 4.41. The number of benzene rings is 1. The molecule has 2 rings (SSSR count). The normalized spacial score (nSPS) is 18.2. The van der Waals surface area contributed by atoms with Crippen LogP contribution in [0.15, 0.2) is 18.2 Å². The Balaban J connectivity index is 2.17. The molecule has 0 saturated heterocycles. The Bertz CT molecular complexity index is 342. The summed E-state index contributed by atoms with van der Waals surface area (Å²) in [6.07, 6.45) is 3.79. The molecule has 2 heteroatoms. The highest BCUT2D eigenvalue weighted by molar-refractivity contribution is 9.09. The van der Waals surface area contributed by atoms with Gasteiger partial charge in [-0.25, -0.2) is 0 Å². The molecule has 0 aliphatic heterocycles. The highest BCUT2D eigenvalue weighted by atomic mass is 79.9. The number of hydrogen-bond acceptors (Lipinski definition) is 0. The summed E-state index contributed by atoms with van der Waals surface area (Å²) in [6, 6.07) is 6.37. The maximum atomic E-state index is 6.21. The third-order valence-corrected chi connectivity index (χ3v) is 4.56. The Morgan fingerprint density at radius 1 is 1.43 bits per heavy atom. The van der Waals surface area contributed by atoms with E-state index in [1.807, 2.05) is 0 Å². The van der Waals surface area contributed by atoms with Gasteiger partial charge in [0.1, 0.15) is 0 Å². The zero-order chi connectivity index (χ0) is 10.2. The van der Waals surface area contributed by atoms with Crippen molar-refractivity contribution in [2.45, 2.75) is 26.2 Å². The summed E-state index contributed by atoms with van der Waals surface area (Å²) in [5, 5.41) is 2.03. The van der Waals surface area contributed by atoms with Crippen molar-refractivity contribution in [2.75, 3.05) is 5.33 Å². The summed E-state index contributed by atoms with van der Waals surface area (Å²) >= 11 is 9.79. The maximum Gasteiger partial charge on any atom is 0.0440 e. The van der Waals surface area contributed by atoms with Crippen LogP contribution in [-0.2, 0) is 6.42 Å². The van der Waals surface area contributed by atoms with Crippen molar-refractivity contribution in [3.63, 3.8) is 0 Å². The van der Waals surface area contributed by atoms with Crippen molar-refractivity contribution < 1.29 is 0 Å². The molecule has 76 valence electrons. The summed E-state index contributed by atoms with van der Waals surface area (Å²) in [5.74, 6) is 0. The van der Waals surface area contributed by atoms with E-state index in [1.54, 1.807) is 0 Å². The summed E-state index contributed by atoms with van der Waals surface area (Å²) in [7, 11) is 0. The zero-order valence-electron chi connectivity index (χ0n) is 8.32. The average Bonchev–Trinajstić information content (AvgIpc) is 2.91. The van der Waals surface area contributed by atoms with E-state index in [-0.39, 0.29) is 0 Å². The first kappa shape index (κ1) is 10.5. The number of aryl methyl sites for hydroxylation is 1. The molecule has 1 aromatic rings. The van der Waals surface area contributed by atoms with Crippen molar-refractivity contribution in [3.05, 3.63) is 34.3 Å². The van der Waals surface area contributed by atoms with E-state index >= 15 is 0 Å². The first-order valence-electron chi connectivity index (χ1n) is 4.96. The summed E-state index contributed by atoms with van der Waals surface area (Å²) in [6.45, 7) is 2.08. The summed E-state index contributed by atoms with van der Waals surface area (Å²) < 4.78 is 0. The van der Waals surface area contributed by atoms with Crippen LogP contribution in [0.5, 0.6) is 0 Å². The molecule has 0 N–H and O–H groups in total.